The second-order valence-electron chi connectivity index (χ2n) is 5.57. The molecule has 1 atom stereocenters. The summed E-state index contributed by atoms with van der Waals surface area (Å²) in [6, 6.07) is 17.3. The summed E-state index contributed by atoms with van der Waals surface area (Å²) in [6.07, 6.45) is 0. The number of ether oxygens (including phenoxy) is 1. The van der Waals surface area contributed by atoms with Crippen molar-refractivity contribution >= 4 is 34.0 Å². The van der Waals surface area contributed by atoms with Gasteiger partial charge >= 0.3 is 0 Å². The normalized spacial score (nSPS) is 11.8. The van der Waals surface area contributed by atoms with Crippen LogP contribution >= 0.6 is 23.1 Å². The molecular formula is C19H19N3O2S2. The summed E-state index contributed by atoms with van der Waals surface area (Å²) >= 11 is 2.88. The SMILES string of the molecule is COc1ccc(C(=O)[C@H](C)Sc2nnc(NCc3ccccc3)s2)cc1. The molecule has 0 amide bonds. The lowest BCUT2D eigenvalue weighted by Gasteiger charge is -2.08. The lowest BCUT2D eigenvalue weighted by molar-refractivity contribution is 0.0994. The van der Waals surface area contributed by atoms with Crippen LogP contribution in [0.25, 0.3) is 0 Å². The Labute approximate surface area is 160 Å². The lowest BCUT2D eigenvalue weighted by atomic mass is 10.1. The second kappa shape index (κ2) is 8.82. The molecule has 0 aliphatic heterocycles. The standard InChI is InChI=1S/C19H19N3O2S2/c1-13(17(23)15-8-10-16(24-2)11-9-15)25-19-22-21-18(26-19)20-12-14-6-4-3-5-7-14/h3-11,13H,12H2,1-2H3,(H,20,21)/t13-/m0/s1. The maximum absolute atomic E-state index is 12.5. The van der Waals surface area contributed by atoms with Crippen LogP contribution in [0, 0.1) is 0 Å². The van der Waals surface area contributed by atoms with E-state index >= 15 is 0 Å². The van der Waals surface area contributed by atoms with E-state index < -0.39 is 0 Å². The van der Waals surface area contributed by atoms with Crippen molar-refractivity contribution in [3.05, 3.63) is 65.7 Å². The van der Waals surface area contributed by atoms with Crippen molar-refractivity contribution in [1.29, 1.82) is 0 Å². The molecule has 1 aromatic heterocycles. The van der Waals surface area contributed by atoms with E-state index in [4.69, 9.17) is 4.74 Å². The summed E-state index contributed by atoms with van der Waals surface area (Å²) < 4.78 is 5.90. The van der Waals surface area contributed by atoms with E-state index in [1.807, 2.05) is 25.1 Å². The van der Waals surface area contributed by atoms with Crippen molar-refractivity contribution in [1.82, 2.24) is 10.2 Å². The van der Waals surface area contributed by atoms with Crippen LogP contribution in [0.3, 0.4) is 0 Å². The van der Waals surface area contributed by atoms with E-state index in [0.29, 0.717) is 12.1 Å². The number of methoxy groups -OCH3 is 1. The summed E-state index contributed by atoms with van der Waals surface area (Å²) in [4.78, 5) is 12.5. The summed E-state index contributed by atoms with van der Waals surface area (Å²) in [5, 5.41) is 12.1. The van der Waals surface area contributed by atoms with Crippen molar-refractivity contribution in [3.63, 3.8) is 0 Å². The minimum absolute atomic E-state index is 0.0617. The fourth-order valence-corrected chi connectivity index (χ4v) is 4.27. The van der Waals surface area contributed by atoms with E-state index in [0.717, 1.165) is 15.2 Å². The molecule has 3 aromatic rings. The number of Topliss-reactive ketones (excluding diaryl/α,β-unsaturated/α-hetero) is 1. The average molecular weight is 386 g/mol. The number of nitrogens with one attached hydrogen (secondary N) is 1. The summed E-state index contributed by atoms with van der Waals surface area (Å²) in [5.74, 6) is 0.798. The molecule has 0 saturated heterocycles. The zero-order valence-electron chi connectivity index (χ0n) is 14.5. The number of benzene rings is 2. The van der Waals surface area contributed by atoms with Gasteiger partial charge in [0.05, 0.1) is 12.4 Å². The summed E-state index contributed by atoms with van der Waals surface area (Å²) in [5.41, 5.74) is 1.85. The van der Waals surface area contributed by atoms with Gasteiger partial charge < -0.3 is 10.1 Å². The number of ketones is 1. The van der Waals surface area contributed by atoms with Gasteiger partial charge in [0.25, 0.3) is 0 Å². The molecule has 0 unspecified atom stereocenters. The van der Waals surface area contributed by atoms with Crippen molar-refractivity contribution in [2.24, 2.45) is 0 Å². The topological polar surface area (TPSA) is 64.1 Å². The van der Waals surface area contributed by atoms with E-state index in [-0.39, 0.29) is 11.0 Å². The Hall–Kier alpha value is -2.38. The first-order valence-electron chi connectivity index (χ1n) is 8.12. The van der Waals surface area contributed by atoms with Crippen LogP contribution in [0.5, 0.6) is 5.75 Å². The van der Waals surface area contributed by atoms with Gasteiger partial charge in [-0.15, -0.1) is 10.2 Å². The lowest BCUT2D eigenvalue weighted by Crippen LogP contribution is -2.13. The predicted molar refractivity (Wildman–Crippen MR) is 106 cm³/mol. The molecule has 0 bridgehead atoms. The monoisotopic (exact) mass is 385 g/mol. The highest BCUT2D eigenvalue weighted by molar-refractivity contribution is 8.02. The van der Waals surface area contributed by atoms with Gasteiger partial charge in [-0.3, -0.25) is 4.79 Å². The van der Waals surface area contributed by atoms with Gasteiger partial charge in [-0.2, -0.15) is 0 Å². The van der Waals surface area contributed by atoms with Gasteiger partial charge in [0.15, 0.2) is 10.1 Å². The number of rotatable bonds is 8. The quantitative estimate of drug-likeness (QED) is 0.454. The van der Waals surface area contributed by atoms with E-state index in [1.165, 1.54) is 28.7 Å². The Bertz CT molecular complexity index is 851. The van der Waals surface area contributed by atoms with Crippen molar-refractivity contribution in [2.45, 2.75) is 23.1 Å². The van der Waals surface area contributed by atoms with Crippen LogP contribution in [0.15, 0.2) is 58.9 Å². The first-order chi connectivity index (χ1) is 12.7. The highest BCUT2D eigenvalue weighted by Crippen LogP contribution is 2.30. The Morgan fingerprint density at radius 2 is 1.88 bits per heavy atom. The van der Waals surface area contributed by atoms with E-state index in [1.54, 1.807) is 31.4 Å². The molecule has 0 fully saturated rings. The minimum atomic E-state index is -0.238. The van der Waals surface area contributed by atoms with Crippen molar-refractivity contribution < 1.29 is 9.53 Å². The Morgan fingerprint density at radius 1 is 1.15 bits per heavy atom. The number of thioether (sulfide) groups is 1. The molecule has 3 rings (SSSR count). The Morgan fingerprint density at radius 3 is 2.58 bits per heavy atom. The van der Waals surface area contributed by atoms with Crippen molar-refractivity contribution in [3.8, 4) is 5.75 Å². The van der Waals surface area contributed by atoms with Gasteiger partial charge in [-0.1, -0.05) is 53.4 Å². The number of carbonyl (C=O) groups is 1. The van der Waals surface area contributed by atoms with Gasteiger partial charge in [-0.05, 0) is 36.8 Å². The molecule has 0 aliphatic carbocycles. The maximum Gasteiger partial charge on any atom is 0.206 e. The number of hydrogen-bond acceptors (Lipinski definition) is 7. The molecule has 2 aromatic carbocycles. The predicted octanol–water partition coefficient (Wildman–Crippen LogP) is 4.52. The van der Waals surface area contributed by atoms with Gasteiger partial charge in [0.1, 0.15) is 5.75 Å². The molecular weight excluding hydrogens is 366 g/mol. The molecule has 26 heavy (non-hydrogen) atoms. The molecule has 0 saturated carbocycles. The van der Waals surface area contributed by atoms with Gasteiger partial charge in [0, 0.05) is 12.1 Å². The fraction of sp³-hybridized carbons (Fsp3) is 0.211. The van der Waals surface area contributed by atoms with Crippen molar-refractivity contribution in [2.75, 3.05) is 12.4 Å². The smallest absolute Gasteiger partial charge is 0.206 e. The molecule has 0 spiro atoms. The van der Waals surface area contributed by atoms with Crippen LogP contribution in [0.2, 0.25) is 0 Å². The number of nitrogens with zero attached hydrogens (tertiary/aromatic N) is 2. The largest absolute Gasteiger partial charge is 0.497 e. The first-order valence-corrected chi connectivity index (χ1v) is 9.81. The van der Waals surface area contributed by atoms with Crippen LogP contribution < -0.4 is 10.1 Å². The van der Waals surface area contributed by atoms with Crippen LogP contribution in [-0.4, -0.2) is 28.3 Å². The Balaban J connectivity index is 1.56. The highest BCUT2D eigenvalue weighted by atomic mass is 32.2. The molecule has 5 nitrogen and oxygen atoms in total. The molecule has 134 valence electrons. The Kier molecular flexibility index (Phi) is 6.25. The van der Waals surface area contributed by atoms with E-state index in [2.05, 4.69) is 27.6 Å². The van der Waals surface area contributed by atoms with Crippen LogP contribution in [0.4, 0.5) is 5.13 Å². The summed E-state index contributed by atoms with van der Waals surface area (Å²) in [6.45, 7) is 2.58. The number of aromatic nitrogens is 2. The minimum Gasteiger partial charge on any atom is -0.497 e. The number of carbonyl (C=O) groups excluding carboxylic acids is 1. The van der Waals surface area contributed by atoms with Crippen LogP contribution in [-0.2, 0) is 6.54 Å². The first kappa shape index (κ1) is 18.4. The molecule has 0 aliphatic rings. The zero-order valence-corrected chi connectivity index (χ0v) is 16.1. The molecule has 0 radical (unpaired) electrons. The molecule has 1 heterocycles. The third-order valence-corrected chi connectivity index (χ3v) is 5.78. The number of anilines is 1. The van der Waals surface area contributed by atoms with Crippen LogP contribution in [0.1, 0.15) is 22.8 Å². The number of hydrogen-bond donors (Lipinski definition) is 1. The van der Waals surface area contributed by atoms with E-state index in [9.17, 15) is 4.79 Å². The molecule has 7 heteroatoms. The third kappa shape index (κ3) is 4.83. The average Bonchev–Trinajstić information content (AvgIpc) is 3.14. The molecule has 1 N–H and O–H groups in total. The maximum atomic E-state index is 12.5. The zero-order chi connectivity index (χ0) is 18.4. The summed E-state index contributed by atoms with van der Waals surface area (Å²) in [7, 11) is 1.61. The van der Waals surface area contributed by atoms with Gasteiger partial charge in [0.2, 0.25) is 5.13 Å². The van der Waals surface area contributed by atoms with Gasteiger partial charge in [-0.25, -0.2) is 0 Å². The highest BCUT2D eigenvalue weighted by Gasteiger charge is 2.19. The third-order valence-electron chi connectivity index (χ3n) is 3.71. The second-order valence-corrected chi connectivity index (χ2v) is 8.13. The fourth-order valence-electron chi connectivity index (χ4n) is 2.30.